The molecule has 19 nitrogen and oxygen atoms in total. The molecule has 0 aliphatic rings. The lowest BCUT2D eigenvalue weighted by atomic mass is 10.3. The largest absolute Gasteiger partial charge is 0.481 e. The summed E-state index contributed by atoms with van der Waals surface area (Å²) in [7, 11) is 0. The number of aromatic nitrogens is 4. The number of anilines is 2. The van der Waals surface area contributed by atoms with Crippen molar-refractivity contribution in [3.63, 3.8) is 0 Å². The van der Waals surface area contributed by atoms with E-state index in [-0.39, 0.29) is 44.0 Å². The molecule has 0 bridgehead atoms. The van der Waals surface area contributed by atoms with Gasteiger partial charge in [0, 0.05) is 0 Å². The maximum atomic E-state index is 9.64. The molecule has 0 saturated carbocycles. The van der Waals surface area contributed by atoms with Crippen LogP contribution in [0, 0.1) is 0 Å². The Morgan fingerprint density at radius 2 is 0.711 bits per heavy atom. The van der Waals surface area contributed by atoms with Gasteiger partial charge in [-0.15, -0.1) is 0 Å². The lowest BCUT2D eigenvalue weighted by Crippen LogP contribution is -2.00. The fourth-order valence-corrected chi connectivity index (χ4v) is 2.59. The van der Waals surface area contributed by atoms with Gasteiger partial charge in [-0.2, -0.15) is 0 Å². The lowest BCUT2D eigenvalue weighted by Gasteiger charge is -1.85. The smallest absolute Gasteiger partial charge is 0.303 e. The summed E-state index contributed by atoms with van der Waals surface area (Å²) in [5.74, 6) is -5.51. The average molecular weight is 639 g/mol. The van der Waals surface area contributed by atoms with E-state index in [1.54, 1.807) is 0 Å². The SMILES string of the molecule is Nc1nc2ccccc2[nH]1.Nc1nc2ccccc2[nH]1.O.O=C(O)CCC(=O)O.O=C(O)CCC(=O)O.O=C(O)CCC(=O)O. The summed E-state index contributed by atoms with van der Waals surface area (Å²) in [5.41, 5.74) is 14.7. The third-order valence-corrected chi connectivity index (χ3v) is 4.47. The minimum absolute atomic E-state index is 0. The Labute approximate surface area is 253 Å². The number of rotatable bonds is 9. The van der Waals surface area contributed by atoms with Crippen molar-refractivity contribution in [3.05, 3.63) is 48.5 Å². The standard InChI is InChI=1S/2C7H7N3.3C4H6O4.H2O/c2*8-7-9-5-3-1-2-4-6(5)10-7;3*5-3(6)1-2-4(7)8;/h2*1-4H,(H3,8,9,10);3*1-2H2,(H,5,6)(H,7,8);1H2. The van der Waals surface area contributed by atoms with Gasteiger partial charge in [0.15, 0.2) is 11.9 Å². The third-order valence-electron chi connectivity index (χ3n) is 4.47. The Bertz CT molecular complexity index is 1290. The molecule has 0 radical (unpaired) electrons. The van der Waals surface area contributed by atoms with Crippen LogP contribution < -0.4 is 11.5 Å². The van der Waals surface area contributed by atoms with Crippen LogP contribution in [0.15, 0.2) is 48.5 Å². The Hall–Kier alpha value is -6.24. The van der Waals surface area contributed by atoms with E-state index in [0.717, 1.165) is 22.1 Å². The molecule has 0 spiro atoms. The van der Waals surface area contributed by atoms with Crippen molar-refractivity contribution in [3.8, 4) is 0 Å². The summed E-state index contributed by atoms with van der Waals surface area (Å²) < 4.78 is 0. The quantitative estimate of drug-likeness (QED) is 0.123. The molecule has 45 heavy (non-hydrogen) atoms. The molecular formula is C26H34N6O13. The highest BCUT2D eigenvalue weighted by Crippen LogP contribution is 2.11. The highest BCUT2D eigenvalue weighted by molar-refractivity contribution is 5.78. The predicted octanol–water partition coefficient (Wildman–Crippen LogP) is 1.27. The monoisotopic (exact) mass is 638 g/mol. The summed E-state index contributed by atoms with van der Waals surface area (Å²) >= 11 is 0. The minimum atomic E-state index is -1.08. The van der Waals surface area contributed by atoms with Crippen molar-refractivity contribution >= 4 is 69.8 Å². The molecule has 4 aromatic rings. The number of carbonyl (C=O) groups is 6. The van der Waals surface area contributed by atoms with Crippen molar-refractivity contribution in [2.24, 2.45) is 0 Å². The number of aromatic amines is 2. The number of nitrogens with one attached hydrogen (secondary N) is 2. The maximum absolute atomic E-state index is 9.64. The number of aliphatic carboxylic acids is 6. The van der Waals surface area contributed by atoms with Crippen molar-refractivity contribution < 1.29 is 64.9 Å². The van der Waals surface area contributed by atoms with Crippen LogP contribution in [-0.2, 0) is 28.8 Å². The molecule has 0 atom stereocenters. The van der Waals surface area contributed by atoms with Crippen molar-refractivity contribution in [1.29, 1.82) is 0 Å². The zero-order valence-electron chi connectivity index (χ0n) is 23.5. The second-order valence-corrected chi connectivity index (χ2v) is 8.14. The molecule has 4 rings (SSSR count). The van der Waals surface area contributed by atoms with Crippen LogP contribution in [0.3, 0.4) is 0 Å². The number of para-hydroxylation sites is 4. The number of benzene rings is 2. The van der Waals surface area contributed by atoms with Crippen LogP contribution in [0.4, 0.5) is 11.9 Å². The fraction of sp³-hybridized carbons (Fsp3) is 0.231. The van der Waals surface area contributed by atoms with Gasteiger partial charge < -0.3 is 57.6 Å². The van der Waals surface area contributed by atoms with Gasteiger partial charge in [-0.3, -0.25) is 28.8 Å². The number of carboxylic acid groups (broad SMARTS) is 6. The number of imidazole rings is 2. The minimum Gasteiger partial charge on any atom is -0.481 e. The third kappa shape index (κ3) is 22.1. The van der Waals surface area contributed by atoms with Crippen LogP contribution in [-0.4, -0.2) is 91.9 Å². The molecule has 0 unspecified atom stereocenters. The average Bonchev–Trinajstić information content (AvgIpc) is 3.51. The van der Waals surface area contributed by atoms with E-state index in [1.165, 1.54) is 0 Å². The van der Waals surface area contributed by atoms with Crippen LogP contribution in [0.1, 0.15) is 38.5 Å². The van der Waals surface area contributed by atoms with Crippen molar-refractivity contribution in [2.75, 3.05) is 11.5 Å². The van der Waals surface area contributed by atoms with E-state index < -0.39 is 35.8 Å². The second kappa shape index (κ2) is 22.4. The van der Waals surface area contributed by atoms with Gasteiger partial charge in [0.2, 0.25) is 0 Å². The van der Waals surface area contributed by atoms with Crippen molar-refractivity contribution in [1.82, 2.24) is 19.9 Å². The van der Waals surface area contributed by atoms with Crippen LogP contribution >= 0.6 is 0 Å². The Balaban J connectivity index is 0. The molecule has 0 aliphatic heterocycles. The van der Waals surface area contributed by atoms with E-state index in [9.17, 15) is 28.8 Å². The topological polar surface area (TPSA) is 365 Å². The number of hydrogen-bond acceptors (Lipinski definition) is 10. The van der Waals surface area contributed by atoms with E-state index in [4.69, 9.17) is 42.1 Å². The Kier molecular flexibility index (Phi) is 20.3. The van der Waals surface area contributed by atoms with Crippen LogP contribution in [0.2, 0.25) is 0 Å². The summed E-state index contributed by atoms with van der Waals surface area (Å²) in [6, 6.07) is 15.5. The fourth-order valence-electron chi connectivity index (χ4n) is 2.59. The van der Waals surface area contributed by atoms with Gasteiger partial charge in [0.05, 0.1) is 60.6 Å². The maximum Gasteiger partial charge on any atom is 0.303 e. The molecule has 246 valence electrons. The van der Waals surface area contributed by atoms with Crippen molar-refractivity contribution in [2.45, 2.75) is 38.5 Å². The first-order valence-electron chi connectivity index (χ1n) is 12.3. The Morgan fingerprint density at radius 1 is 0.489 bits per heavy atom. The summed E-state index contributed by atoms with van der Waals surface area (Å²) in [5, 5.41) is 47.4. The highest BCUT2D eigenvalue weighted by Gasteiger charge is 2.02. The van der Waals surface area contributed by atoms with E-state index in [0.29, 0.717) is 11.9 Å². The Morgan fingerprint density at radius 3 is 0.911 bits per heavy atom. The molecule has 0 saturated heterocycles. The van der Waals surface area contributed by atoms with Gasteiger partial charge in [0.25, 0.3) is 0 Å². The number of H-pyrrole nitrogens is 2. The number of nitrogens with zero attached hydrogens (tertiary/aromatic N) is 2. The zero-order valence-corrected chi connectivity index (χ0v) is 23.5. The molecule has 2 heterocycles. The number of nitrogens with two attached hydrogens (primary N) is 2. The van der Waals surface area contributed by atoms with Gasteiger partial charge in [-0.05, 0) is 24.3 Å². The summed E-state index contributed by atoms with van der Waals surface area (Å²) in [6.07, 6.45) is -1.78. The van der Waals surface area contributed by atoms with E-state index >= 15 is 0 Å². The van der Waals surface area contributed by atoms with Crippen LogP contribution in [0.5, 0.6) is 0 Å². The second-order valence-electron chi connectivity index (χ2n) is 8.14. The first-order chi connectivity index (χ1) is 20.6. The normalized spacial score (nSPS) is 9.16. The van der Waals surface area contributed by atoms with E-state index in [1.807, 2.05) is 48.5 Å². The molecule has 0 fully saturated rings. The predicted molar refractivity (Wildman–Crippen MR) is 158 cm³/mol. The first kappa shape index (κ1) is 40.9. The van der Waals surface area contributed by atoms with Crippen LogP contribution in [0.25, 0.3) is 22.1 Å². The zero-order chi connectivity index (χ0) is 33.7. The summed E-state index contributed by atoms with van der Waals surface area (Å²) in [6.45, 7) is 0. The number of nitrogen functional groups attached to an aromatic ring is 2. The molecular weight excluding hydrogens is 604 g/mol. The highest BCUT2D eigenvalue weighted by atomic mass is 16.4. The molecule has 0 aliphatic carbocycles. The number of hydrogen-bond donors (Lipinski definition) is 10. The van der Waals surface area contributed by atoms with E-state index in [2.05, 4.69) is 19.9 Å². The molecule has 19 heteroatoms. The van der Waals surface area contributed by atoms with Gasteiger partial charge in [-0.25, -0.2) is 9.97 Å². The van der Waals surface area contributed by atoms with Gasteiger partial charge >= 0.3 is 35.8 Å². The molecule has 0 amide bonds. The number of carboxylic acids is 6. The first-order valence-corrected chi connectivity index (χ1v) is 12.3. The summed E-state index contributed by atoms with van der Waals surface area (Å²) in [4.78, 5) is 71.8. The molecule has 14 N–H and O–H groups in total. The van der Waals surface area contributed by atoms with Gasteiger partial charge in [0.1, 0.15) is 0 Å². The molecule has 2 aromatic carbocycles. The van der Waals surface area contributed by atoms with Gasteiger partial charge in [-0.1, -0.05) is 24.3 Å². The lowest BCUT2D eigenvalue weighted by molar-refractivity contribution is -0.143. The number of fused-ring (bicyclic) bond motifs is 2. The molecule has 2 aromatic heterocycles.